The van der Waals surface area contributed by atoms with E-state index >= 15 is 0 Å². The summed E-state index contributed by atoms with van der Waals surface area (Å²) in [4.78, 5) is 19.0. The molecule has 6 heteroatoms. The van der Waals surface area contributed by atoms with E-state index in [9.17, 15) is 9.18 Å². The number of halogens is 2. The highest BCUT2D eigenvalue weighted by Crippen LogP contribution is 2.30. The lowest BCUT2D eigenvalue weighted by molar-refractivity contribution is 0.0982. The van der Waals surface area contributed by atoms with Gasteiger partial charge in [0.05, 0.1) is 22.3 Å². The molecule has 0 atom stereocenters. The Bertz CT molecular complexity index is 892. The fourth-order valence-corrected chi connectivity index (χ4v) is 3.12. The van der Waals surface area contributed by atoms with Crippen LogP contribution in [0.5, 0.6) is 0 Å². The number of anilines is 1. The Morgan fingerprint density at radius 3 is 2.44 bits per heavy atom. The second-order valence-electron chi connectivity index (χ2n) is 5.59. The zero-order valence-electron chi connectivity index (χ0n) is 13.8. The summed E-state index contributed by atoms with van der Waals surface area (Å²) >= 11 is 3.42. The van der Waals surface area contributed by atoms with E-state index in [1.54, 1.807) is 37.1 Å². The fourth-order valence-electron chi connectivity index (χ4n) is 2.59. The average molecular weight is 403 g/mol. The minimum absolute atomic E-state index is 0.238. The Kier molecular flexibility index (Phi) is 4.99. The van der Waals surface area contributed by atoms with Gasteiger partial charge in [0.1, 0.15) is 17.3 Å². The maximum atomic E-state index is 13.3. The van der Waals surface area contributed by atoms with Gasteiger partial charge in [-0.15, -0.1) is 0 Å². The number of amides is 1. The SMILES string of the molecule is Cc1oc(C)c(C(=O)N(Cc2ccccn2)c2ccc(F)cc2)c1Br. The molecule has 0 aliphatic carbocycles. The van der Waals surface area contributed by atoms with Crippen molar-refractivity contribution in [3.05, 3.63) is 81.7 Å². The normalized spacial score (nSPS) is 10.7. The van der Waals surface area contributed by atoms with Crippen LogP contribution in [0.2, 0.25) is 0 Å². The van der Waals surface area contributed by atoms with Crippen LogP contribution in [0, 0.1) is 19.7 Å². The smallest absolute Gasteiger partial charge is 0.263 e. The van der Waals surface area contributed by atoms with Crippen molar-refractivity contribution >= 4 is 27.5 Å². The van der Waals surface area contributed by atoms with E-state index in [1.165, 1.54) is 12.1 Å². The summed E-state index contributed by atoms with van der Waals surface area (Å²) in [6.45, 7) is 3.80. The molecule has 0 bridgehead atoms. The van der Waals surface area contributed by atoms with Crippen molar-refractivity contribution in [2.45, 2.75) is 20.4 Å². The third kappa shape index (κ3) is 3.64. The first-order chi connectivity index (χ1) is 12.0. The van der Waals surface area contributed by atoms with Crippen LogP contribution in [0.4, 0.5) is 10.1 Å². The molecule has 1 aromatic carbocycles. The van der Waals surface area contributed by atoms with Crippen LogP contribution in [0.1, 0.15) is 27.6 Å². The second kappa shape index (κ2) is 7.19. The van der Waals surface area contributed by atoms with Gasteiger partial charge < -0.3 is 9.32 Å². The summed E-state index contributed by atoms with van der Waals surface area (Å²) in [7, 11) is 0. The monoisotopic (exact) mass is 402 g/mol. The Labute approximate surface area is 153 Å². The standard InChI is InChI=1S/C19H16BrFN2O2/c1-12-17(18(20)13(2)25-12)19(24)23(11-15-5-3-4-10-22-15)16-8-6-14(21)7-9-16/h3-10H,11H2,1-2H3. The van der Waals surface area contributed by atoms with Gasteiger partial charge in [0.25, 0.3) is 5.91 Å². The Morgan fingerprint density at radius 2 is 1.88 bits per heavy atom. The number of rotatable bonds is 4. The van der Waals surface area contributed by atoms with Crippen LogP contribution in [0.15, 0.2) is 57.6 Å². The van der Waals surface area contributed by atoms with E-state index < -0.39 is 0 Å². The minimum atomic E-state index is -0.356. The number of benzene rings is 1. The summed E-state index contributed by atoms with van der Waals surface area (Å²) in [6.07, 6.45) is 1.67. The molecule has 0 unspecified atom stereocenters. The summed E-state index contributed by atoms with van der Waals surface area (Å²) in [6, 6.07) is 11.3. The maximum Gasteiger partial charge on any atom is 0.263 e. The van der Waals surface area contributed by atoms with E-state index in [0.29, 0.717) is 27.2 Å². The highest BCUT2D eigenvalue weighted by atomic mass is 79.9. The van der Waals surface area contributed by atoms with Crippen molar-refractivity contribution in [1.29, 1.82) is 0 Å². The molecule has 0 aliphatic rings. The number of aryl methyl sites for hydroxylation is 2. The summed E-state index contributed by atoms with van der Waals surface area (Å²) in [5, 5.41) is 0. The van der Waals surface area contributed by atoms with E-state index in [2.05, 4.69) is 20.9 Å². The van der Waals surface area contributed by atoms with Gasteiger partial charge in [-0.1, -0.05) is 6.07 Å². The number of carbonyl (C=O) groups excluding carboxylic acids is 1. The van der Waals surface area contributed by atoms with Crippen LogP contribution in [-0.4, -0.2) is 10.9 Å². The van der Waals surface area contributed by atoms with Gasteiger partial charge in [0, 0.05) is 11.9 Å². The second-order valence-corrected chi connectivity index (χ2v) is 6.39. The van der Waals surface area contributed by atoms with Gasteiger partial charge >= 0.3 is 0 Å². The molecular formula is C19H16BrFN2O2. The van der Waals surface area contributed by atoms with Crippen molar-refractivity contribution in [3.63, 3.8) is 0 Å². The lowest BCUT2D eigenvalue weighted by atomic mass is 10.1. The molecule has 1 amide bonds. The molecule has 0 saturated heterocycles. The molecule has 2 aromatic heterocycles. The molecule has 0 aliphatic heterocycles. The van der Waals surface area contributed by atoms with Crippen LogP contribution < -0.4 is 4.90 Å². The zero-order valence-corrected chi connectivity index (χ0v) is 15.4. The number of furan rings is 1. The van der Waals surface area contributed by atoms with Crippen LogP contribution in [0.3, 0.4) is 0 Å². The number of hydrogen-bond donors (Lipinski definition) is 0. The molecule has 3 rings (SSSR count). The minimum Gasteiger partial charge on any atom is -0.465 e. The van der Waals surface area contributed by atoms with Crippen LogP contribution >= 0.6 is 15.9 Å². The highest BCUT2D eigenvalue weighted by molar-refractivity contribution is 9.10. The number of carbonyl (C=O) groups is 1. The third-order valence-electron chi connectivity index (χ3n) is 3.83. The van der Waals surface area contributed by atoms with Crippen molar-refractivity contribution in [2.24, 2.45) is 0 Å². The number of hydrogen-bond acceptors (Lipinski definition) is 3. The van der Waals surface area contributed by atoms with Gasteiger partial charge in [0.15, 0.2) is 0 Å². The summed E-state index contributed by atoms with van der Waals surface area (Å²) in [5.74, 6) is 0.573. The third-order valence-corrected chi connectivity index (χ3v) is 4.79. The zero-order chi connectivity index (χ0) is 18.0. The van der Waals surface area contributed by atoms with Crippen molar-refractivity contribution in [2.75, 3.05) is 4.90 Å². The molecule has 4 nitrogen and oxygen atoms in total. The predicted molar refractivity (Wildman–Crippen MR) is 97.0 cm³/mol. The van der Waals surface area contributed by atoms with E-state index in [0.717, 1.165) is 5.69 Å². The predicted octanol–water partition coefficient (Wildman–Crippen LogP) is 5.04. The van der Waals surface area contributed by atoms with Gasteiger partial charge in [-0.3, -0.25) is 9.78 Å². The van der Waals surface area contributed by atoms with E-state index in [4.69, 9.17) is 4.42 Å². The topological polar surface area (TPSA) is 46.3 Å². The lowest BCUT2D eigenvalue weighted by Crippen LogP contribution is -2.31. The van der Waals surface area contributed by atoms with Gasteiger partial charge in [-0.05, 0) is 66.2 Å². The fraction of sp³-hybridized carbons (Fsp3) is 0.158. The lowest BCUT2D eigenvalue weighted by Gasteiger charge is -2.22. The Balaban J connectivity index is 2.03. The first-order valence-electron chi connectivity index (χ1n) is 7.70. The molecule has 0 saturated carbocycles. The van der Waals surface area contributed by atoms with Gasteiger partial charge in [0.2, 0.25) is 0 Å². The van der Waals surface area contributed by atoms with Crippen LogP contribution in [-0.2, 0) is 6.54 Å². The quantitative estimate of drug-likeness (QED) is 0.613. The van der Waals surface area contributed by atoms with E-state index in [-0.39, 0.29) is 18.3 Å². The van der Waals surface area contributed by atoms with Crippen molar-refractivity contribution in [1.82, 2.24) is 4.98 Å². The highest BCUT2D eigenvalue weighted by Gasteiger charge is 2.26. The number of aromatic nitrogens is 1. The molecule has 0 N–H and O–H groups in total. The molecule has 0 spiro atoms. The molecule has 128 valence electrons. The first kappa shape index (κ1) is 17.4. The Hall–Kier alpha value is -2.47. The first-order valence-corrected chi connectivity index (χ1v) is 8.49. The van der Waals surface area contributed by atoms with Crippen LogP contribution in [0.25, 0.3) is 0 Å². The molecular weight excluding hydrogens is 387 g/mol. The summed E-state index contributed by atoms with van der Waals surface area (Å²) < 4.78 is 19.5. The molecule has 2 heterocycles. The number of pyridine rings is 1. The number of nitrogens with zero attached hydrogens (tertiary/aromatic N) is 2. The van der Waals surface area contributed by atoms with Gasteiger partial charge in [-0.2, -0.15) is 0 Å². The molecule has 3 aromatic rings. The van der Waals surface area contributed by atoms with Gasteiger partial charge in [-0.25, -0.2) is 4.39 Å². The summed E-state index contributed by atoms with van der Waals surface area (Å²) in [5.41, 5.74) is 1.77. The Morgan fingerprint density at radius 1 is 1.16 bits per heavy atom. The molecule has 0 radical (unpaired) electrons. The average Bonchev–Trinajstić information content (AvgIpc) is 2.86. The maximum absolute atomic E-state index is 13.3. The van der Waals surface area contributed by atoms with E-state index in [1.807, 2.05) is 18.2 Å². The molecule has 25 heavy (non-hydrogen) atoms. The largest absolute Gasteiger partial charge is 0.465 e. The van der Waals surface area contributed by atoms with Crippen molar-refractivity contribution < 1.29 is 13.6 Å². The van der Waals surface area contributed by atoms with Crippen molar-refractivity contribution in [3.8, 4) is 0 Å². The molecule has 0 fully saturated rings.